The van der Waals surface area contributed by atoms with Gasteiger partial charge in [-0.3, -0.25) is 4.79 Å². The van der Waals surface area contributed by atoms with Gasteiger partial charge in [-0.1, -0.05) is 0 Å². The summed E-state index contributed by atoms with van der Waals surface area (Å²) >= 11 is 0. The third-order valence-electron chi connectivity index (χ3n) is 2.92. The molecule has 1 saturated carbocycles. The quantitative estimate of drug-likeness (QED) is 0.771. The van der Waals surface area contributed by atoms with E-state index in [0.29, 0.717) is 18.6 Å². The van der Waals surface area contributed by atoms with E-state index < -0.39 is 0 Å². The maximum absolute atomic E-state index is 11.7. The Kier molecular flexibility index (Phi) is 4.59. The van der Waals surface area contributed by atoms with Gasteiger partial charge in [0, 0.05) is 32.0 Å². The maximum atomic E-state index is 11.7. The summed E-state index contributed by atoms with van der Waals surface area (Å²) in [5, 5.41) is 2.98. The van der Waals surface area contributed by atoms with E-state index in [1.807, 2.05) is 13.8 Å². The van der Waals surface area contributed by atoms with Crippen molar-refractivity contribution in [2.24, 2.45) is 0 Å². The van der Waals surface area contributed by atoms with Gasteiger partial charge in [0.1, 0.15) is 5.78 Å². The second kappa shape index (κ2) is 5.73. The Bertz CT molecular complexity index is 227. The number of amides is 2. The number of rotatable bonds is 3. The highest BCUT2D eigenvalue weighted by Crippen LogP contribution is 2.14. The lowest BCUT2D eigenvalue weighted by Gasteiger charge is -2.26. The van der Waals surface area contributed by atoms with E-state index in [1.54, 1.807) is 4.90 Å². The van der Waals surface area contributed by atoms with Crippen LogP contribution >= 0.6 is 0 Å². The molecule has 0 atom stereocenters. The highest BCUT2D eigenvalue weighted by molar-refractivity contribution is 5.80. The Morgan fingerprint density at radius 1 is 1.33 bits per heavy atom. The number of hydrogen-bond donors (Lipinski definition) is 1. The third kappa shape index (κ3) is 3.53. The summed E-state index contributed by atoms with van der Waals surface area (Å²) in [4.78, 5) is 24.5. The second-order valence-corrected chi connectivity index (χ2v) is 3.93. The van der Waals surface area contributed by atoms with Crippen molar-refractivity contribution in [2.75, 3.05) is 13.1 Å². The fourth-order valence-electron chi connectivity index (χ4n) is 1.86. The molecule has 15 heavy (non-hydrogen) atoms. The van der Waals surface area contributed by atoms with Gasteiger partial charge >= 0.3 is 6.03 Å². The number of carbonyl (C=O) groups is 2. The van der Waals surface area contributed by atoms with Gasteiger partial charge in [0.2, 0.25) is 0 Å². The lowest BCUT2D eigenvalue weighted by Crippen LogP contribution is -2.45. The lowest BCUT2D eigenvalue weighted by molar-refractivity contribution is -0.120. The molecule has 1 aliphatic carbocycles. The molecule has 0 unspecified atom stereocenters. The van der Waals surface area contributed by atoms with E-state index in [9.17, 15) is 9.59 Å². The first kappa shape index (κ1) is 12.0. The molecular weight excluding hydrogens is 192 g/mol. The van der Waals surface area contributed by atoms with Crippen LogP contribution in [0.15, 0.2) is 0 Å². The fraction of sp³-hybridized carbons (Fsp3) is 0.818. The highest BCUT2D eigenvalue weighted by Gasteiger charge is 2.21. The first-order valence-electron chi connectivity index (χ1n) is 5.74. The molecule has 0 heterocycles. The maximum Gasteiger partial charge on any atom is 0.317 e. The molecule has 0 saturated heterocycles. The van der Waals surface area contributed by atoms with Crippen molar-refractivity contribution in [2.45, 2.75) is 45.6 Å². The Balaban J connectivity index is 2.34. The molecule has 1 aliphatic rings. The SMILES string of the molecule is CCN(CC)C(=O)NC1CCC(=O)CC1. The van der Waals surface area contributed by atoms with E-state index in [0.717, 1.165) is 25.9 Å². The van der Waals surface area contributed by atoms with Crippen molar-refractivity contribution in [3.8, 4) is 0 Å². The Hall–Kier alpha value is -1.06. The lowest BCUT2D eigenvalue weighted by atomic mass is 9.94. The van der Waals surface area contributed by atoms with Gasteiger partial charge in [-0.25, -0.2) is 4.79 Å². The summed E-state index contributed by atoms with van der Waals surface area (Å²) < 4.78 is 0. The predicted molar refractivity (Wildman–Crippen MR) is 58.7 cm³/mol. The van der Waals surface area contributed by atoms with Gasteiger partial charge in [0.05, 0.1) is 0 Å². The molecule has 4 heteroatoms. The molecule has 2 amide bonds. The third-order valence-corrected chi connectivity index (χ3v) is 2.92. The van der Waals surface area contributed by atoms with Crippen LogP contribution in [0.2, 0.25) is 0 Å². The minimum absolute atomic E-state index is 0.000603. The predicted octanol–water partition coefficient (Wildman–Crippen LogP) is 1.55. The number of carbonyl (C=O) groups excluding carboxylic acids is 2. The average molecular weight is 212 g/mol. The van der Waals surface area contributed by atoms with Crippen molar-refractivity contribution in [1.29, 1.82) is 0 Å². The summed E-state index contributed by atoms with van der Waals surface area (Å²) in [5.74, 6) is 0.323. The summed E-state index contributed by atoms with van der Waals surface area (Å²) in [7, 11) is 0. The molecule has 86 valence electrons. The number of nitrogens with one attached hydrogen (secondary N) is 1. The summed E-state index contributed by atoms with van der Waals surface area (Å²) in [6.07, 6.45) is 2.82. The normalized spacial score (nSPS) is 17.6. The molecule has 1 fully saturated rings. The standard InChI is InChI=1S/C11H20N2O2/c1-3-13(4-2)11(15)12-9-5-7-10(14)8-6-9/h9H,3-8H2,1-2H3,(H,12,15). The van der Waals surface area contributed by atoms with Gasteiger partial charge in [-0.2, -0.15) is 0 Å². The number of nitrogens with zero attached hydrogens (tertiary/aromatic N) is 1. The number of ketones is 1. The monoisotopic (exact) mass is 212 g/mol. The minimum atomic E-state index is -0.000603. The van der Waals surface area contributed by atoms with Crippen molar-refractivity contribution in [1.82, 2.24) is 10.2 Å². The van der Waals surface area contributed by atoms with Gasteiger partial charge in [0.15, 0.2) is 0 Å². The van der Waals surface area contributed by atoms with Gasteiger partial charge in [-0.05, 0) is 26.7 Å². The molecule has 0 aromatic heterocycles. The van der Waals surface area contributed by atoms with Crippen molar-refractivity contribution >= 4 is 11.8 Å². The molecule has 0 bridgehead atoms. The Labute approximate surface area is 91.0 Å². The highest BCUT2D eigenvalue weighted by atomic mass is 16.2. The van der Waals surface area contributed by atoms with Crippen LogP contribution in [0.3, 0.4) is 0 Å². The van der Waals surface area contributed by atoms with Crippen LogP contribution in [0, 0.1) is 0 Å². The van der Waals surface area contributed by atoms with E-state index in [2.05, 4.69) is 5.32 Å². The molecule has 0 aromatic rings. The number of Topliss-reactive ketones (excluding diaryl/α,β-unsaturated/α-hetero) is 1. The van der Waals surface area contributed by atoms with Crippen LogP contribution in [-0.2, 0) is 4.79 Å². The molecule has 4 nitrogen and oxygen atoms in total. The second-order valence-electron chi connectivity index (χ2n) is 3.93. The van der Waals surface area contributed by atoms with Crippen molar-refractivity contribution < 1.29 is 9.59 Å². The Morgan fingerprint density at radius 3 is 2.33 bits per heavy atom. The summed E-state index contributed by atoms with van der Waals surface area (Å²) in [5.41, 5.74) is 0. The fourth-order valence-corrected chi connectivity index (χ4v) is 1.86. The minimum Gasteiger partial charge on any atom is -0.335 e. The first-order valence-corrected chi connectivity index (χ1v) is 5.74. The van der Waals surface area contributed by atoms with Crippen LogP contribution in [0.5, 0.6) is 0 Å². The van der Waals surface area contributed by atoms with E-state index in [4.69, 9.17) is 0 Å². The van der Waals surface area contributed by atoms with E-state index in [-0.39, 0.29) is 12.1 Å². The molecule has 0 radical (unpaired) electrons. The van der Waals surface area contributed by atoms with Gasteiger partial charge < -0.3 is 10.2 Å². The zero-order valence-electron chi connectivity index (χ0n) is 9.58. The van der Waals surface area contributed by atoms with E-state index >= 15 is 0 Å². The topological polar surface area (TPSA) is 49.4 Å². The molecular formula is C11H20N2O2. The first-order chi connectivity index (χ1) is 7.17. The number of hydrogen-bond acceptors (Lipinski definition) is 2. The van der Waals surface area contributed by atoms with Crippen LogP contribution in [-0.4, -0.2) is 35.8 Å². The molecule has 0 aliphatic heterocycles. The van der Waals surface area contributed by atoms with Crippen LogP contribution < -0.4 is 5.32 Å². The number of urea groups is 1. The summed E-state index contributed by atoms with van der Waals surface area (Å²) in [6.45, 7) is 5.39. The molecule has 0 aromatic carbocycles. The van der Waals surface area contributed by atoms with E-state index in [1.165, 1.54) is 0 Å². The van der Waals surface area contributed by atoms with Crippen LogP contribution in [0.25, 0.3) is 0 Å². The molecule has 1 N–H and O–H groups in total. The molecule has 1 rings (SSSR count). The molecule has 0 spiro atoms. The van der Waals surface area contributed by atoms with Crippen molar-refractivity contribution in [3.05, 3.63) is 0 Å². The smallest absolute Gasteiger partial charge is 0.317 e. The average Bonchev–Trinajstić information content (AvgIpc) is 2.23. The zero-order chi connectivity index (χ0) is 11.3. The van der Waals surface area contributed by atoms with Crippen LogP contribution in [0.1, 0.15) is 39.5 Å². The van der Waals surface area contributed by atoms with Crippen molar-refractivity contribution in [3.63, 3.8) is 0 Å². The largest absolute Gasteiger partial charge is 0.335 e. The van der Waals surface area contributed by atoms with Gasteiger partial charge in [0.25, 0.3) is 0 Å². The van der Waals surface area contributed by atoms with Crippen LogP contribution in [0.4, 0.5) is 4.79 Å². The zero-order valence-corrected chi connectivity index (χ0v) is 9.58. The Morgan fingerprint density at radius 2 is 1.87 bits per heavy atom. The van der Waals surface area contributed by atoms with Gasteiger partial charge in [-0.15, -0.1) is 0 Å². The summed E-state index contributed by atoms with van der Waals surface area (Å²) in [6, 6.07) is 0.190.